The fourth-order valence-corrected chi connectivity index (χ4v) is 3.25. The number of likely N-dealkylation sites (N-methyl/N-ethyl adjacent to an activating group) is 1. The lowest BCUT2D eigenvalue weighted by atomic mass is 9.99. The Balaban J connectivity index is 1.82. The van der Waals surface area contributed by atoms with Gasteiger partial charge in [-0.3, -0.25) is 0 Å². The number of hydrogen-bond donors (Lipinski definition) is 0. The molecule has 23 heavy (non-hydrogen) atoms. The monoisotopic (exact) mass is 306 g/mol. The van der Waals surface area contributed by atoms with E-state index in [0.29, 0.717) is 0 Å². The third-order valence-electron chi connectivity index (χ3n) is 4.64. The molecule has 120 valence electrons. The van der Waals surface area contributed by atoms with Crippen LogP contribution in [0.25, 0.3) is 0 Å². The molecule has 0 saturated carbocycles. The molecule has 0 spiro atoms. The Morgan fingerprint density at radius 3 is 1.96 bits per heavy atom. The van der Waals surface area contributed by atoms with Crippen LogP contribution in [0.15, 0.2) is 66.0 Å². The van der Waals surface area contributed by atoms with Crippen LogP contribution in [0.1, 0.15) is 25.0 Å². The zero-order valence-electron chi connectivity index (χ0n) is 14.4. The summed E-state index contributed by atoms with van der Waals surface area (Å²) in [5.74, 6) is 0. The third-order valence-corrected chi connectivity index (χ3v) is 4.64. The van der Waals surface area contributed by atoms with Gasteiger partial charge in [-0.05, 0) is 53.5 Å². The van der Waals surface area contributed by atoms with Gasteiger partial charge in [0.15, 0.2) is 0 Å². The van der Waals surface area contributed by atoms with E-state index in [4.69, 9.17) is 0 Å². The summed E-state index contributed by atoms with van der Waals surface area (Å²) in [5, 5.41) is 0. The smallest absolute Gasteiger partial charge is 0.0473 e. The largest absolute Gasteiger partial charge is 0.377 e. The topological polar surface area (TPSA) is 6.48 Å². The fraction of sp³-hybridized carbons (Fsp3) is 0.333. The number of allylic oxidation sites excluding steroid dienone is 4. The molecule has 0 saturated heterocycles. The van der Waals surface area contributed by atoms with Crippen molar-refractivity contribution in [1.82, 2.24) is 4.90 Å². The summed E-state index contributed by atoms with van der Waals surface area (Å²) < 4.78 is 0. The molecule has 2 nitrogen and oxygen atoms in total. The maximum Gasteiger partial charge on any atom is 0.0473 e. The molecule has 2 aliphatic heterocycles. The van der Waals surface area contributed by atoms with Gasteiger partial charge in [-0.2, -0.15) is 0 Å². The first-order valence-electron chi connectivity index (χ1n) is 8.57. The van der Waals surface area contributed by atoms with Gasteiger partial charge in [0.1, 0.15) is 0 Å². The highest BCUT2D eigenvalue weighted by molar-refractivity contribution is 5.64. The first kappa shape index (κ1) is 15.7. The maximum atomic E-state index is 2.39. The second-order valence-electron chi connectivity index (χ2n) is 6.17. The van der Waals surface area contributed by atoms with Crippen molar-refractivity contribution < 1.29 is 0 Å². The Bertz CT molecular complexity index is 670. The molecule has 1 aromatic rings. The number of para-hydroxylation sites is 1. The van der Waals surface area contributed by atoms with Crippen molar-refractivity contribution in [3.05, 3.63) is 77.2 Å². The summed E-state index contributed by atoms with van der Waals surface area (Å²) in [6.07, 6.45) is 15.6. The first-order chi connectivity index (χ1) is 11.2. The molecule has 0 aliphatic carbocycles. The van der Waals surface area contributed by atoms with Gasteiger partial charge in [0.05, 0.1) is 0 Å². The molecular weight excluding hydrogens is 280 g/mol. The predicted octanol–water partition coefficient (Wildman–Crippen LogP) is 4.46. The molecular formula is C21H26N2. The Morgan fingerprint density at radius 1 is 0.870 bits per heavy atom. The lowest BCUT2D eigenvalue weighted by Gasteiger charge is -2.28. The predicted molar refractivity (Wildman–Crippen MR) is 99.6 cm³/mol. The summed E-state index contributed by atoms with van der Waals surface area (Å²) in [6.45, 7) is 6.40. The van der Waals surface area contributed by atoms with Gasteiger partial charge in [0, 0.05) is 32.0 Å². The molecule has 0 unspecified atom stereocenters. The van der Waals surface area contributed by atoms with Gasteiger partial charge < -0.3 is 9.80 Å². The molecule has 1 aromatic carbocycles. The summed E-state index contributed by atoms with van der Waals surface area (Å²) in [7, 11) is 2.10. The molecule has 0 fully saturated rings. The number of anilines is 1. The molecule has 0 N–H and O–H groups in total. The third kappa shape index (κ3) is 3.26. The van der Waals surface area contributed by atoms with Crippen molar-refractivity contribution in [2.24, 2.45) is 0 Å². The molecule has 0 bridgehead atoms. The van der Waals surface area contributed by atoms with Crippen LogP contribution in [0.2, 0.25) is 0 Å². The van der Waals surface area contributed by atoms with Crippen LogP contribution < -0.4 is 4.90 Å². The lowest BCUT2D eigenvalue weighted by molar-refractivity contribution is 0.503. The Kier molecular flexibility index (Phi) is 4.71. The Labute approximate surface area is 140 Å². The Morgan fingerprint density at radius 2 is 1.48 bits per heavy atom. The van der Waals surface area contributed by atoms with Crippen LogP contribution >= 0.6 is 0 Å². The van der Waals surface area contributed by atoms with Gasteiger partial charge in [-0.25, -0.2) is 0 Å². The summed E-state index contributed by atoms with van der Waals surface area (Å²) in [5.41, 5.74) is 6.93. The fourth-order valence-electron chi connectivity index (χ4n) is 3.25. The van der Waals surface area contributed by atoms with E-state index >= 15 is 0 Å². The quantitative estimate of drug-likeness (QED) is 0.810. The molecule has 2 heteroatoms. The normalized spacial score (nSPS) is 17.3. The molecule has 0 radical (unpaired) electrons. The van der Waals surface area contributed by atoms with Crippen molar-refractivity contribution in [2.75, 3.05) is 25.0 Å². The van der Waals surface area contributed by atoms with E-state index < -0.39 is 0 Å². The zero-order valence-corrected chi connectivity index (χ0v) is 14.4. The number of nitrogens with zero attached hydrogens (tertiary/aromatic N) is 2. The Hall–Kier alpha value is -2.22. The standard InChI is InChI=1S/C21H26N2/c1-4-17-7-6-8-18(5-2)21(17)23-15-11-20(12-16-23)19-9-13-22(3)14-10-19/h6-13,15H,4-5,14,16H2,1-3H3. The summed E-state index contributed by atoms with van der Waals surface area (Å²) >= 11 is 0. The van der Waals surface area contributed by atoms with E-state index in [-0.39, 0.29) is 0 Å². The minimum atomic E-state index is 0.941. The lowest BCUT2D eigenvalue weighted by Crippen LogP contribution is -2.22. The molecule has 0 atom stereocenters. The first-order valence-corrected chi connectivity index (χ1v) is 8.57. The van der Waals surface area contributed by atoms with E-state index in [1.165, 1.54) is 28.0 Å². The number of hydrogen-bond acceptors (Lipinski definition) is 2. The van der Waals surface area contributed by atoms with Gasteiger partial charge in [-0.15, -0.1) is 0 Å². The maximum absolute atomic E-state index is 2.39. The van der Waals surface area contributed by atoms with E-state index in [2.05, 4.69) is 85.6 Å². The van der Waals surface area contributed by atoms with Gasteiger partial charge in [0.25, 0.3) is 0 Å². The SMILES string of the molecule is CCc1cccc(CC)c1N1C=CC(C2=CCN(C)C=C2)=CC1. The van der Waals surface area contributed by atoms with Crippen molar-refractivity contribution in [3.8, 4) is 0 Å². The van der Waals surface area contributed by atoms with Crippen LogP contribution in [-0.4, -0.2) is 25.0 Å². The molecule has 0 amide bonds. The highest BCUT2D eigenvalue weighted by atomic mass is 15.1. The molecule has 0 aromatic heterocycles. The number of rotatable bonds is 4. The van der Waals surface area contributed by atoms with Gasteiger partial charge >= 0.3 is 0 Å². The van der Waals surface area contributed by atoms with Gasteiger partial charge in [-0.1, -0.05) is 44.2 Å². The van der Waals surface area contributed by atoms with E-state index in [0.717, 1.165) is 25.9 Å². The number of benzene rings is 1. The summed E-state index contributed by atoms with van der Waals surface area (Å²) in [6, 6.07) is 6.69. The van der Waals surface area contributed by atoms with Crippen LogP contribution in [0, 0.1) is 0 Å². The van der Waals surface area contributed by atoms with Crippen molar-refractivity contribution in [3.63, 3.8) is 0 Å². The van der Waals surface area contributed by atoms with Crippen molar-refractivity contribution in [1.29, 1.82) is 0 Å². The molecule has 2 aliphatic rings. The minimum Gasteiger partial charge on any atom is -0.377 e. The van der Waals surface area contributed by atoms with Crippen molar-refractivity contribution >= 4 is 5.69 Å². The average Bonchev–Trinajstić information content (AvgIpc) is 2.62. The summed E-state index contributed by atoms with van der Waals surface area (Å²) in [4.78, 5) is 4.58. The van der Waals surface area contributed by atoms with Crippen LogP contribution in [0.4, 0.5) is 5.69 Å². The van der Waals surface area contributed by atoms with Crippen molar-refractivity contribution in [2.45, 2.75) is 26.7 Å². The molecule has 2 heterocycles. The average molecular weight is 306 g/mol. The highest BCUT2D eigenvalue weighted by Crippen LogP contribution is 2.30. The second kappa shape index (κ2) is 6.91. The van der Waals surface area contributed by atoms with Crippen LogP contribution in [0.3, 0.4) is 0 Å². The number of aryl methyl sites for hydroxylation is 2. The second-order valence-corrected chi connectivity index (χ2v) is 6.17. The van der Waals surface area contributed by atoms with Gasteiger partial charge in [0.2, 0.25) is 0 Å². The molecule has 3 rings (SSSR count). The van der Waals surface area contributed by atoms with E-state index in [1.807, 2.05) is 0 Å². The van der Waals surface area contributed by atoms with E-state index in [9.17, 15) is 0 Å². The highest BCUT2D eigenvalue weighted by Gasteiger charge is 2.15. The van der Waals surface area contributed by atoms with E-state index in [1.54, 1.807) is 0 Å². The zero-order chi connectivity index (χ0) is 16.2. The minimum absolute atomic E-state index is 0.941. The van der Waals surface area contributed by atoms with Crippen LogP contribution in [0.5, 0.6) is 0 Å². The van der Waals surface area contributed by atoms with Crippen LogP contribution in [-0.2, 0) is 12.8 Å².